The molecule has 3 nitrogen and oxygen atoms in total. The van der Waals surface area contributed by atoms with Gasteiger partial charge in [-0.1, -0.05) is 48.5 Å². The van der Waals surface area contributed by atoms with Gasteiger partial charge in [0.15, 0.2) is 0 Å². The Bertz CT molecular complexity index is 699. The van der Waals surface area contributed by atoms with E-state index < -0.39 is 0 Å². The summed E-state index contributed by atoms with van der Waals surface area (Å²) in [6.45, 7) is 1.75. The van der Waals surface area contributed by atoms with Crippen LogP contribution in [0, 0.1) is 0 Å². The molecule has 0 saturated heterocycles. The average molecular weight is 343 g/mol. The number of nitrogens with zero attached hydrogens (tertiary/aromatic N) is 2. The molecule has 0 radical (unpaired) electrons. The lowest BCUT2D eigenvalue weighted by atomic mass is 10.0. The number of hydrogen-bond donors (Lipinski definition) is 0. The van der Waals surface area contributed by atoms with Gasteiger partial charge in [0.2, 0.25) is 0 Å². The summed E-state index contributed by atoms with van der Waals surface area (Å²) in [4.78, 5) is 4.05. The van der Waals surface area contributed by atoms with Crippen molar-refractivity contribution in [3.8, 4) is 5.75 Å². The quantitative estimate of drug-likeness (QED) is 0.552. The number of imidazole rings is 1. The second-order valence-electron chi connectivity index (χ2n) is 5.63. The Morgan fingerprint density at radius 2 is 1.71 bits per heavy atom. The Labute approximate surface area is 149 Å². The van der Waals surface area contributed by atoms with Gasteiger partial charge in [-0.15, -0.1) is 12.4 Å². The standard InChI is InChI=1S/C20H22N2O.ClH/c1-2-8-18(9-3-1)16-19-10-4-5-11-20(19)23-15-7-6-13-22-14-12-21-17-22;/h1-5,8-12,14,17H,6-7,13,15-16H2;1H. The summed E-state index contributed by atoms with van der Waals surface area (Å²) in [6.07, 6.45) is 8.71. The van der Waals surface area contributed by atoms with Crippen molar-refractivity contribution < 1.29 is 4.74 Å². The van der Waals surface area contributed by atoms with Gasteiger partial charge >= 0.3 is 0 Å². The number of aromatic nitrogens is 2. The predicted molar refractivity (Wildman–Crippen MR) is 99.9 cm³/mol. The van der Waals surface area contributed by atoms with E-state index in [1.807, 2.05) is 30.9 Å². The molecular weight excluding hydrogens is 320 g/mol. The van der Waals surface area contributed by atoms with E-state index in [4.69, 9.17) is 4.74 Å². The molecule has 0 aliphatic heterocycles. The highest BCUT2D eigenvalue weighted by atomic mass is 35.5. The molecule has 0 spiro atoms. The minimum absolute atomic E-state index is 0. The second kappa shape index (κ2) is 9.78. The largest absolute Gasteiger partial charge is 0.493 e. The van der Waals surface area contributed by atoms with Crippen LogP contribution in [0.15, 0.2) is 73.3 Å². The third-order valence-electron chi connectivity index (χ3n) is 3.84. The Morgan fingerprint density at radius 3 is 2.50 bits per heavy atom. The lowest BCUT2D eigenvalue weighted by Crippen LogP contribution is -2.03. The van der Waals surface area contributed by atoms with Crippen molar-refractivity contribution in [3.63, 3.8) is 0 Å². The van der Waals surface area contributed by atoms with Gasteiger partial charge in [-0.05, 0) is 30.0 Å². The number of hydrogen-bond acceptors (Lipinski definition) is 2. The number of rotatable bonds is 8. The van der Waals surface area contributed by atoms with Crippen molar-refractivity contribution in [2.75, 3.05) is 6.61 Å². The van der Waals surface area contributed by atoms with Crippen molar-refractivity contribution in [3.05, 3.63) is 84.4 Å². The van der Waals surface area contributed by atoms with E-state index in [9.17, 15) is 0 Å². The summed E-state index contributed by atoms with van der Waals surface area (Å²) in [5, 5.41) is 0. The van der Waals surface area contributed by atoms with Crippen molar-refractivity contribution in [2.24, 2.45) is 0 Å². The maximum absolute atomic E-state index is 6.00. The molecule has 2 aromatic carbocycles. The molecule has 0 N–H and O–H groups in total. The maximum Gasteiger partial charge on any atom is 0.122 e. The molecule has 24 heavy (non-hydrogen) atoms. The lowest BCUT2D eigenvalue weighted by molar-refractivity contribution is 0.300. The number of ether oxygens (including phenoxy) is 1. The molecule has 3 aromatic rings. The second-order valence-corrected chi connectivity index (χ2v) is 5.63. The van der Waals surface area contributed by atoms with Crippen molar-refractivity contribution in [1.29, 1.82) is 0 Å². The van der Waals surface area contributed by atoms with Gasteiger partial charge in [-0.2, -0.15) is 0 Å². The summed E-state index contributed by atoms with van der Waals surface area (Å²) in [6, 6.07) is 18.8. The molecule has 4 heteroatoms. The molecule has 0 aliphatic rings. The van der Waals surface area contributed by atoms with E-state index in [2.05, 4.69) is 52.0 Å². The number of unbranched alkanes of at least 4 members (excludes halogenated alkanes) is 1. The normalized spacial score (nSPS) is 10.2. The third-order valence-corrected chi connectivity index (χ3v) is 3.84. The fraction of sp³-hybridized carbons (Fsp3) is 0.250. The molecule has 0 atom stereocenters. The Kier molecular flexibility index (Phi) is 7.37. The first-order valence-electron chi connectivity index (χ1n) is 8.12. The van der Waals surface area contributed by atoms with Gasteiger partial charge in [-0.3, -0.25) is 0 Å². The molecule has 1 heterocycles. The van der Waals surface area contributed by atoms with Gasteiger partial charge in [0.1, 0.15) is 5.75 Å². The van der Waals surface area contributed by atoms with Crippen molar-refractivity contribution in [1.82, 2.24) is 9.55 Å². The molecule has 0 saturated carbocycles. The first-order chi connectivity index (χ1) is 11.4. The highest BCUT2D eigenvalue weighted by Gasteiger charge is 2.04. The monoisotopic (exact) mass is 342 g/mol. The van der Waals surface area contributed by atoms with Crippen LogP contribution in [0.5, 0.6) is 5.75 Å². The first-order valence-corrected chi connectivity index (χ1v) is 8.12. The number of benzene rings is 2. The van der Waals surface area contributed by atoms with Crippen molar-refractivity contribution in [2.45, 2.75) is 25.8 Å². The molecule has 126 valence electrons. The van der Waals surface area contributed by atoms with Crippen LogP contribution in [0.3, 0.4) is 0 Å². The summed E-state index contributed by atoms with van der Waals surface area (Å²) in [5.74, 6) is 0.999. The van der Waals surface area contributed by atoms with Gasteiger partial charge in [0.25, 0.3) is 0 Å². The van der Waals surface area contributed by atoms with Gasteiger partial charge in [0, 0.05) is 25.4 Å². The lowest BCUT2D eigenvalue weighted by Gasteiger charge is -2.11. The smallest absolute Gasteiger partial charge is 0.122 e. The summed E-state index contributed by atoms with van der Waals surface area (Å²) in [7, 11) is 0. The van der Waals surface area contributed by atoms with Gasteiger partial charge < -0.3 is 9.30 Å². The van der Waals surface area contributed by atoms with Crippen LogP contribution in [-0.2, 0) is 13.0 Å². The Morgan fingerprint density at radius 1 is 0.917 bits per heavy atom. The van der Waals surface area contributed by atoms with E-state index in [-0.39, 0.29) is 12.4 Å². The molecule has 0 unspecified atom stereocenters. The molecule has 0 bridgehead atoms. The minimum atomic E-state index is 0. The molecule has 0 aliphatic carbocycles. The number of para-hydroxylation sites is 1. The zero-order chi connectivity index (χ0) is 15.7. The van der Waals surface area contributed by atoms with Crippen LogP contribution < -0.4 is 4.74 Å². The molecule has 0 amide bonds. The molecule has 1 aromatic heterocycles. The zero-order valence-corrected chi connectivity index (χ0v) is 14.5. The van der Waals surface area contributed by atoms with Gasteiger partial charge in [-0.25, -0.2) is 4.98 Å². The fourth-order valence-electron chi connectivity index (χ4n) is 2.60. The average Bonchev–Trinajstić information content (AvgIpc) is 3.10. The van der Waals surface area contributed by atoms with E-state index in [1.54, 1.807) is 0 Å². The van der Waals surface area contributed by atoms with E-state index in [0.717, 1.165) is 38.2 Å². The van der Waals surface area contributed by atoms with Crippen LogP contribution >= 0.6 is 12.4 Å². The van der Waals surface area contributed by atoms with Gasteiger partial charge in [0.05, 0.1) is 12.9 Å². The summed E-state index contributed by atoms with van der Waals surface area (Å²) >= 11 is 0. The van der Waals surface area contributed by atoms with E-state index in [0.29, 0.717) is 0 Å². The zero-order valence-electron chi connectivity index (χ0n) is 13.7. The first kappa shape index (κ1) is 18.1. The van der Waals surface area contributed by atoms with Crippen LogP contribution in [0.4, 0.5) is 0 Å². The van der Waals surface area contributed by atoms with E-state index >= 15 is 0 Å². The Balaban J connectivity index is 0.00000208. The fourth-order valence-corrected chi connectivity index (χ4v) is 2.60. The van der Waals surface area contributed by atoms with Crippen LogP contribution in [-0.4, -0.2) is 16.2 Å². The third kappa shape index (κ3) is 5.43. The van der Waals surface area contributed by atoms with Crippen LogP contribution in [0.1, 0.15) is 24.0 Å². The van der Waals surface area contributed by atoms with Crippen LogP contribution in [0.25, 0.3) is 0 Å². The topological polar surface area (TPSA) is 27.1 Å². The number of aryl methyl sites for hydroxylation is 1. The highest BCUT2D eigenvalue weighted by molar-refractivity contribution is 5.85. The Hall–Kier alpha value is -2.26. The summed E-state index contributed by atoms with van der Waals surface area (Å²) in [5.41, 5.74) is 2.55. The SMILES string of the molecule is Cl.c1ccc(Cc2ccccc2OCCCCn2ccnc2)cc1. The summed E-state index contributed by atoms with van der Waals surface area (Å²) < 4.78 is 8.10. The number of halogens is 1. The van der Waals surface area contributed by atoms with Crippen LogP contribution in [0.2, 0.25) is 0 Å². The molecular formula is C20H23ClN2O. The van der Waals surface area contributed by atoms with E-state index in [1.165, 1.54) is 11.1 Å². The predicted octanol–water partition coefficient (Wildman–Crippen LogP) is 4.75. The molecule has 0 fully saturated rings. The minimum Gasteiger partial charge on any atom is -0.493 e. The maximum atomic E-state index is 6.00. The molecule has 3 rings (SSSR count). The highest BCUT2D eigenvalue weighted by Crippen LogP contribution is 2.21. The van der Waals surface area contributed by atoms with Crippen molar-refractivity contribution >= 4 is 12.4 Å².